The lowest BCUT2D eigenvalue weighted by molar-refractivity contribution is -0.138. The molecular formula is C27H25F7N8O3. The fraction of sp³-hybridized carbons (Fsp3) is 0.407. The van der Waals surface area contributed by atoms with Crippen LogP contribution >= 0.6 is 0 Å². The Morgan fingerprint density at radius 1 is 1.11 bits per heavy atom. The number of halogens is 7. The number of aliphatic hydroxyl groups is 1. The van der Waals surface area contributed by atoms with Crippen molar-refractivity contribution in [3.63, 3.8) is 0 Å². The lowest BCUT2D eigenvalue weighted by atomic mass is 10.0. The normalized spacial score (nSPS) is 17.8. The van der Waals surface area contributed by atoms with Crippen LogP contribution in [0.5, 0.6) is 0 Å². The number of fused-ring (bicyclic) bond motifs is 1. The number of aromatic nitrogens is 6. The Balaban J connectivity index is 1.35. The maximum absolute atomic E-state index is 15.3. The van der Waals surface area contributed by atoms with Crippen molar-refractivity contribution in [2.45, 2.75) is 63.8 Å². The minimum absolute atomic E-state index is 0.0296. The number of β-amino-alcohol motifs (C(OH)–C–C–N with tert-alkyl or cyclic N) is 1. The number of hydrogen-bond donors (Lipinski definition) is 3. The molecule has 0 saturated carbocycles. The van der Waals surface area contributed by atoms with Crippen molar-refractivity contribution in [3.05, 3.63) is 68.5 Å². The quantitative estimate of drug-likeness (QED) is 0.244. The monoisotopic (exact) mass is 642 g/mol. The zero-order chi connectivity index (χ0) is 32.8. The van der Waals surface area contributed by atoms with Gasteiger partial charge in [0, 0.05) is 25.3 Å². The van der Waals surface area contributed by atoms with Gasteiger partial charge < -0.3 is 15.3 Å². The second-order valence-electron chi connectivity index (χ2n) is 10.7. The minimum atomic E-state index is -4.91. The van der Waals surface area contributed by atoms with Crippen molar-refractivity contribution in [1.82, 2.24) is 29.7 Å². The summed E-state index contributed by atoms with van der Waals surface area (Å²) in [7, 11) is 0. The molecule has 3 N–H and O–H groups in total. The largest absolute Gasteiger partial charge is 0.423 e. The zero-order valence-electron chi connectivity index (χ0n) is 23.5. The third-order valence-corrected chi connectivity index (χ3v) is 7.51. The summed E-state index contributed by atoms with van der Waals surface area (Å²) in [4.78, 5) is 37.8. The highest BCUT2D eigenvalue weighted by Crippen LogP contribution is 2.39. The van der Waals surface area contributed by atoms with E-state index in [0.29, 0.717) is 6.20 Å². The van der Waals surface area contributed by atoms with Crippen molar-refractivity contribution in [2.24, 2.45) is 0 Å². The van der Waals surface area contributed by atoms with E-state index >= 15 is 4.39 Å². The lowest BCUT2D eigenvalue weighted by Crippen LogP contribution is -2.59. The Bertz CT molecular complexity index is 1860. The first kappa shape index (κ1) is 31.8. The van der Waals surface area contributed by atoms with Gasteiger partial charge in [-0.1, -0.05) is 0 Å². The fourth-order valence-electron chi connectivity index (χ4n) is 5.00. The Labute approximate surface area is 248 Å². The van der Waals surface area contributed by atoms with Gasteiger partial charge in [0.15, 0.2) is 5.82 Å². The number of anilines is 2. The van der Waals surface area contributed by atoms with Crippen LogP contribution in [0.25, 0.3) is 22.3 Å². The molecule has 1 fully saturated rings. The van der Waals surface area contributed by atoms with E-state index in [-0.39, 0.29) is 48.2 Å². The molecule has 18 heteroatoms. The molecule has 0 amide bonds. The number of aliphatic hydroxyl groups excluding tert-OH is 1. The van der Waals surface area contributed by atoms with Crippen LogP contribution in [0.3, 0.4) is 0 Å². The van der Waals surface area contributed by atoms with E-state index in [1.165, 1.54) is 22.7 Å². The molecule has 1 aliphatic heterocycles. The second-order valence-corrected chi connectivity index (χ2v) is 10.7. The second kappa shape index (κ2) is 11.7. The molecule has 0 spiro atoms. The zero-order valence-corrected chi connectivity index (χ0v) is 23.5. The van der Waals surface area contributed by atoms with Crippen LogP contribution in [0.1, 0.15) is 37.8 Å². The summed E-state index contributed by atoms with van der Waals surface area (Å²) in [6.07, 6.45) is -7.44. The van der Waals surface area contributed by atoms with Crippen LogP contribution in [0.4, 0.5) is 42.2 Å². The number of nitrogens with zero attached hydrogens (tertiary/aromatic N) is 6. The van der Waals surface area contributed by atoms with Gasteiger partial charge in [-0.25, -0.2) is 24.4 Å². The third-order valence-electron chi connectivity index (χ3n) is 7.51. The van der Waals surface area contributed by atoms with Gasteiger partial charge in [-0.05, 0) is 38.8 Å². The SMILES string of the molecule is CC(CCCn1cnc2cc(-c3ncc(C(F)(F)F)c(N4C[C@@H](O)[C@@H]4C)n3)c(F)cc2c1=O)Nc1cn[nH]c(=O)c1C(F)(F)F. The number of H-pyrrole nitrogens is 1. The maximum Gasteiger partial charge on any atom is 0.423 e. The highest BCUT2D eigenvalue weighted by Gasteiger charge is 2.43. The summed E-state index contributed by atoms with van der Waals surface area (Å²) >= 11 is 0. The van der Waals surface area contributed by atoms with Gasteiger partial charge in [0.05, 0.1) is 46.8 Å². The van der Waals surface area contributed by atoms with E-state index in [1.807, 2.05) is 0 Å². The number of benzene rings is 1. The number of nitrogens with one attached hydrogen (secondary N) is 2. The fourth-order valence-corrected chi connectivity index (χ4v) is 5.00. The van der Waals surface area contributed by atoms with Gasteiger partial charge in [0.1, 0.15) is 22.8 Å². The molecule has 1 unspecified atom stereocenters. The molecule has 5 rings (SSSR count). The van der Waals surface area contributed by atoms with Crippen LogP contribution in [0.2, 0.25) is 0 Å². The van der Waals surface area contributed by atoms with Crippen LogP contribution in [0, 0.1) is 5.82 Å². The summed E-state index contributed by atoms with van der Waals surface area (Å²) in [6.45, 7) is 3.07. The van der Waals surface area contributed by atoms with Gasteiger partial charge in [-0.2, -0.15) is 31.4 Å². The highest BCUT2D eigenvalue weighted by molar-refractivity contribution is 5.82. The smallest absolute Gasteiger partial charge is 0.389 e. The van der Waals surface area contributed by atoms with Crippen molar-refractivity contribution in [2.75, 3.05) is 16.8 Å². The Morgan fingerprint density at radius 2 is 1.84 bits per heavy atom. The predicted molar refractivity (Wildman–Crippen MR) is 147 cm³/mol. The molecule has 45 heavy (non-hydrogen) atoms. The van der Waals surface area contributed by atoms with Crippen LogP contribution in [-0.2, 0) is 18.9 Å². The van der Waals surface area contributed by atoms with Gasteiger partial charge >= 0.3 is 12.4 Å². The van der Waals surface area contributed by atoms with Crippen molar-refractivity contribution >= 4 is 22.4 Å². The molecule has 3 aromatic heterocycles. The minimum Gasteiger partial charge on any atom is -0.389 e. The third kappa shape index (κ3) is 6.31. The Hall–Kier alpha value is -4.61. The number of aryl methyl sites for hydroxylation is 1. The van der Waals surface area contributed by atoms with E-state index in [0.717, 1.165) is 18.3 Å². The van der Waals surface area contributed by atoms with Crippen LogP contribution in [0.15, 0.2) is 40.4 Å². The molecule has 1 aliphatic rings. The Kier molecular flexibility index (Phi) is 8.28. The van der Waals surface area contributed by atoms with E-state index in [4.69, 9.17) is 0 Å². The van der Waals surface area contributed by atoms with Crippen molar-refractivity contribution in [1.29, 1.82) is 0 Å². The highest BCUT2D eigenvalue weighted by atomic mass is 19.4. The summed E-state index contributed by atoms with van der Waals surface area (Å²) in [5, 5.41) is 17.4. The van der Waals surface area contributed by atoms with E-state index in [9.17, 15) is 41.0 Å². The van der Waals surface area contributed by atoms with E-state index in [1.54, 1.807) is 12.0 Å². The first-order valence-corrected chi connectivity index (χ1v) is 13.6. The topological polar surface area (TPSA) is 142 Å². The lowest BCUT2D eigenvalue weighted by Gasteiger charge is -2.45. The molecular weight excluding hydrogens is 617 g/mol. The van der Waals surface area contributed by atoms with Gasteiger partial charge in [0.25, 0.3) is 11.1 Å². The number of rotatable bonds is 8. The Morgan fingerprint density at radius 3 is 2.49 bits per heavy atom. The van der Waals surface area contributed by atoms with Gasteiger partial charge in [-0.3, -0.25) is 14.2 Å². The average molecular weight is 643 g/mol. The molecule has 0 radical (unpaired) electrons. The standard InChI is InChI=1S/C27H25F7N8O3/c1-12(38-19-9-37-40-24(44)21(19)27(32,33)34)4-3-5-41-11-36-18-7-14(17(28)6-15(18)25(41)45)22-35-8-16(26(29,30)31)23(39-22)42-10-20(43)13(42)2/h6-9,11-13,20,43H,3-5,10H2,1-2H3,(H2,38,40,44)/t12?,13-,20+/m0/s1. The van der Waals surface area contributed by atoms with Crippen LogP contribution in [-0.4, -0.2) is 59.6 Å². The first-order valence-electron chi connectivity index (χ1n) is 13.6. The number of aromatic amines is 1. The number of alkyl halides is 6. The predicted octanol–water partition coefficient (Wildman–Crippen LogP) is 3.96. The molecule has 0 aliphatic carbocycles. The summed E-state index contributed by atoms with van der Waals surface area (Å²) in [5.41, 5.74) is -5.32. The first-order chi connectivity index (χ1) is 21.1. The molecule has 1 aromatic carbocycles. The summed E-state index contributed by atoms with van der Waals surface area (Å²) < 4.78 is 97.3. The maximum atomic E-state index is 15.3. The van der Waals surface area contributed by atoms with Gasteiger partial charge in [-0.15, -0.1) is 0 Å². The molecule has 0 bridgehead atoms. The van der Waals surface area contributed by atoms with Crippen molar-refractivity contribution < 1.29 is 35.8 Å². The molecule has 4 heterocycles. The molecule has 1 saturated heterocycles. The van der Waals surface area contributed by atoms with Crippen LogP contribution < -0.4 is 21.3 Å². The average Bonchev–Trinajstić information content (AvgIpc) is 2.95. The molecule has 4 aromatic rings. The van der Waals surface area contributed by atoms with Crippen molar-refractivity contribution in [3.8, 4) is 11.4 Å². The molecule has 240 valence electrons. The summed E-state index contributed by atoms with van der Waals surface area (Å²) in [6, 6.07) is 0.814. The molecule has 3 atom stereocenters. The number of hydrogen-bond acceptors (Lipinski definition) is 9. The van der Waals surface area contributed by atoms with Gasteiger partial charge in [0.2, 0.25) is 0 Å². The molecule has 11 nitrogen and oxygen atoms in total. The van der Waals surface area contributed by atoms with E-state index in [2.05, 4.69) is 25.4 Å². The van der Waals surface area contributed by atoms with E-state index < -0.39 is 70.1 Å². The summed E-state index contributed by atoms with van der Waals surface area (Å²) in [5.74, 6) is -1.86.